The van der Waals surface area contributed by atoms with Crippen molar-refractivity contribution in [3.8, 4) is 0 Å². The second kappa shape index (κ2) is 8.32. The van der Waals surface area contributed by atoms with Gasteiger partial charge in [0, 0.05) is 31.9 Å². The maximum Gasteiger partial charge on any atom is 0.339 e. The van der Waals surface area contributed by atoms with Gasteiger partial charge in [-0.25, -0.2) is 9.78 Å². The zero-order valence-corrected chi connectivity index (χ0v) is 15.6. The average molecular weight is 353 g/mol. The van der Waals surface area contributed by atoms with E-state index < -0.39 is 5.97 Å². The van der Waals surface area contributed by atoms with E-state index in [1.165, 1.54) is 11.1 Å². The lowest BCUT2D eigenvalue weighted by Gasteiger charge is -2.28. The van der Waals surface area contributed by atoms with Crippen molar-refractivity contribution >= 4 is 11.8 Å². The molecule has 26 heavy (non-hydrogen) atoms. The Morgan fingerprint density at radius 1 is 1.27 bits per heavy atom. The summed E-state index contributed by atoms with van der Waals surface area (Å²) in [7, 11) is 0. The van der Waals surface area contributed by atoms with E-state index in [9.17, 15) is 9.90 Å². The van der Waals surface area contributed by atoms with Crippen molar-refractivity contribution in [2.75, 3.05) is 24.5 Å². The minimum Gasteiger partial charge on any atom is -0.478 e. The van der Waals surface area contributed by atoms with Gasteiger partial charge < -0.3 is 10.0 Å². The second-order valence-corrected chi connectivity index (χ2v) is 6.80. The third-order valence-electron chi connectivity index (χ3n) is 5.19. The predicted octanol–water partition coefficient (Wildman–Crippen LogP) is 3.44. The molecule has 1 N–H and O–H groups in total. The fourth-order valence-corrected chi connectivity index (χ4v) is 3.73. The molecule has 138 valence electrons. The zero-order valence-electron chi connectivity index (χ0n) is 15.6. The number of rotatable bonds is 7. The van der Waals surface area contributed by atoms with Gasteiger partial charge in [0.15, 0.2) is 0 Å². The Morgan fingerprint density at radius 2 is 2.08 bits per heavy atom. The quantitative estimate of drug-likeness (QED) is 0.826. The third kappa shape index (κ3) is 4.05. The van der Waals surface area contributed by atoms with E-state index in [2.05, 4.69) is 52.9 Å². The standard InChI is InChI=1S/C21H27N3O2/c1-3-16-7-5-8-17(13-16)14-23(4-2)18-10-12-24(15-18)20-19(21(25)26)9-6-11-22-20/h5-9,11,13,18H,3-4,10,12,14-15H2,1-2H3,(H,25,26)/t18-/m0/s1. The molecule has 0 spiro atoms. The van der Waals surface area contributed by atoms with Gasteiger partial charge in [-0.1, -0.05) is 38.1 Å². The third-order valence-corrected chi connectivity index (χ3v) is 5.19. The first kappa shape index (κ1) is 18.4. The minimum atomic E-state index is -0.916. The van der Waals surface area contributed by atoms with Crippen LogP contribution in [0.4, 0.5) is 5.82 Å². The summed E-state index contributed by atoms with van der Waals surface area (Å²) in [6.07, 6.45) is 3.74. The van der Waals surface area contributed by atoms with Gasteiger partial charge in [0.05, 0.1) is 0 Å². The molecule has 1 aliphatic rings. The van der Waals surface area contributed by atoms with Gasteiger partial charge in [-0.05, 0) is 42.6 Å². The molecule has 1 aromatic carbocycles. The van der Waals surface area contributed by atoms with Crippen LogP contribution in [0.5, 0.6) is 0 Å². The molecule has 1 saturated heterocycles. The molecule has 0 radical (unpaired) electrons. The summed E-state index contributed by atoms with van der Waals surface area (Å²) in [5.41, 5.74) is 2.99. The van der Waals surface area contributed by atoms with E-state index in [4.69, 9.17) is 0 Å². The molecule has 5 nitrogen and oxygen atoms in total. The Labute approximate surface area is 155 Å². The van der Waals surface area contributed by atoms with Crippen LogP contribution in [0, 0.1) is 0 Å². The van der Waals surface area contributed by atoms with Crippen LogP contribution in [0.1, 0.15) is 41.8 Å². The number of hydrogen-bond acceptors (Lipinski definition) is 4. The molecule has 1 aromatic heterocycles. The van der Waals surface area contributed by atoms with Crippen LogP contribution < -0.4 is 4.90 Å². The highest BCUT2D eigenvalue weighted by atomic mass is 16.4. The van der Waals surface area contributed by atoms with Gasteiger partial charge in [-0.15, -0.1) is 0 Å². The van der Waals surface area contributed by atoms with Gasteiger partial charge in [-0.2, -0.15) is 0 Å². The first-order valence-electron chi connectivity index (χ1n) is 9.37. The number of likely N-dealkylation sites (N-methyl/N-ethyl adjacent to an activating group) is 1. The second-order valence-electron chi connectivity index (χ2n) is 6.80. The molecule has 1 atom stereocenters. The van der Waals surface area contributed by atoms with Crippen LogP contribution in [0.25, 0.3) is 0 Å². The number of carboxylic acids is 1. The van der Waals surface area contributed by atoms with E-state index in [1.54, 1.807) is 18.3 Å². The Bertz CT molecular complexity index is 762. The smallest absolute Gasteiger partial charge is 0.339 e. The van der Waals surface area contributed by atoms with E-state index in [0.717, 1.165) is 39.0 Å². The van der Waals surface area contributed by atoms with Crippen LogP contribution >= 0.6 is 0 Å². The molecule has 1 fully saturated rings. The largest absolute Gasteiger partial charge is 0.478 e. The predicted molar refractivity (Wildman–Crippen MR) is 104 cm³/mol. The fourth-order valence-electron chi connectivity index (χ4n) is 3.73. The molecule has 0 aliphatic carbocycles. The van der Waals surface area contributed by atoms with Crippen molar-refractivity contribution in [1.82, 2.24) is 9.88 Å². The van der Waals surface area contributed by atoms with Crippen molar-refractivity contribution in [3.63, 3.8) is 0 Å². The summed E-state index contributed by atoms with van der Waals surface area (Å²) in [4.78, 5) is 20.4. The lowest BCUT2D eigenvalue weighted by molar-refractivity contribution is 0.0697. The highest BCUT2D eigenvalue weighted by Crippen LogP contribution is 2.25. The van der Waals surface area contributed by atoms with Crippen LogP contribution in [0.2, 0.25) is 0 Å². The molecule has 0 saturated carbocycles. The van der Waals surface area contributed by atoms with Gasteiger partial charge >= 0.3 is 5.97 Å². The Kier molecular flexibility index (Phi) is 5.89. The molecule has 0 bridgehead atoms. The highest BCUT2D eigenvalue weighted by Gasteiger charge is 2.29. The number of aromatic carboxylic acids is 1. The van der Waals surface area contributed by atoms with Crippen LogP contribution in [-0.2, 0) is 13.0 Å². The number of aromatic nitrogens is 1. The molecular formula is C21H27N3O2. The van der Waals surface area contributed by atoms with Gasteiger partial charge in [0.25, 0.3) is 0 Å². The Hall–Kier alpha value is -2.40. The van der Waals surface area contributed by atoms with Gasteiger partial charge in [0.2, 0.25) is 0 Å². The zero-order chi connectivity index (χ0) is 18.5. The van der Waals surface area contributed by atoms with Crippen LogP contribution in [0.3, 0.4) is 0 Å². The first-order chi connectivity index (χ1) is 12.6. The number of aryl methyl sites for hydroxylation is 1. The molecule has 2 aromatic rings. The topological polar surface area (TPSA) is 56.7 Å². The summed E-state index contributed by atoms with van der Waals surface area (Å²) < 4.78 is 0. The maximum atomic E-state index is 11.5. The number of carboxylic acid groups (broad SMARTS) is 1. The van der Waals surface area contributed by atoms with Crippen molar-refractivity contribution in [2.45, 2.75) is 39.3 Å². The summed E-state index contributed by atoms with van der Waals surface area (Å²) in [5.74, 6) is -0.327. The number of anilines is 1. The lowest BCUT2D eigenvalue weighted by Crippen LogP contribution is -2.37. The molecule has 0 unspecified atom stereocenters. The number of pyridine rings is 1. The van der Waals surface area contributed by atoms with Crippen molar-refractivity contribution < 1.29 is 9.90 Å². The molecule has 2 heterocycles. The molecular weight excluding hydrogens is 326 g/mol. The summed E-state index contributed by atoms with van der Waals surface area (Å²) in [5, 5.41) is 9.41. The fraction of sp³-hybridized carbons (Fsp3) is 0.429. The first-order valence-corrected chi connectivity index (χ1v) is 9.37. The Balaban J connectivity index is 1.71. The summed E-state index contributed by atoms with van der Waals surface area (Å²) in [6.45, 7) is 7.93. The number of benzene rings is 1. The van der Waals surface area contributed by atoms with E-state index in [1.807, 2.05) is 0 Å². The van der Waals surface area contributed by atoms with E-state index in [-0.39, 0.29) is 5.56 Å². The number of carbonyl (C=O) groups is 1. The van der Waals surface area contributed by atoms with Gasteiger partial charge in [0.1, 0.15) is 11.4 Å². The van der Waals surface area contributed by atoms with Crippen molar-refractivity contribution in [2.24, 2.45) is 0 Å². The SMILES string of the molecule is CCc1cccc(CN(CC)[C@H]2CCN(c3ncccc3C(=O)O)C2)c1. The molecule has 1 aliphatic heterocycles. The Morgan fingerprint density at radius 3 is 2.81 bits per heavy atom. The monoisotopic (exact) mass is 353 g/mol. The van der Waals surface area contributed by atoms with E-state index >= 15 is 0 Å². The maximum absolute atomic E-state index is 11.5. The molecule has 5 heteroatoms. The van der Waals surface area contributed by atoms with Crippen molar-refractivity contribution in [3.05, 3.63) is 59.3 Å². The van der Waals surface area contributed by atoms with Crippen LogP contribution in [0.15, 0.2) is 42.6 Å². The molecule has 3 rings (SSSR count). The van der Waals surface area contributed by atoms with Gasteiger partial charge in [-0.3, -0.25) is 4.90 Å². The highest BCUT2D eigenvalue weighted by molar-refractivity contribution is 5.93. The average Bonchev–Trinajstić information content (AvgIpc) is 3.16. The lowest BCUT2D eigenvalue weighted by atomic mass is 10.1. The van der Waals surface area contributed by atoms with Crippen molar-refractivity contribution in [1.29, 1.82) is 0 Å². The number of nitrogens with zero attached hydrogens (tertiary/aromatic N) is 3. The number of hydrogen-bond donors (Lipinski definition) is 1. The minimum absolute atomic E-state index is 0.284. The molecule has 0 amide bonds. The van der Waals surface area contributed by atoms with E-state index in [0.29, 0.717) is 11.9 Å². The summed E-state index contributed by atoms with van der Waals surface area (Å²) in [6, 6.07) is 12.5. The normalized spacial score (nSPS) is 17.0. The summed E-state index contributed by atoms with van der Waals surface area (Å²) >= 11 is 0. The van der Waals surface area contributed by atoms with Crippen LogP contribution in [-0.4, -0.2) is 46.6 Å².